The molecule has 1 aromatic carbocycles. The van der Waals surface area contributed by atoms with Crippen molar-refractivity contribution in [2.45, 2.75) is 77.0 Å². The molecule has 0 aromatic heterocycles. The van der Waals surface area contributed by atoms with Gasteiger partial charge in [0.1, 0.15) is 12.0 Å². The molecule has 1 aromatic rings. The van der Waals surface area contributed by atoms with Gasteiger partial charge in [-0.05, 0) is 37.1 Å². The molecule has 0 unspecified atom stereocenters. The van der Waals surface area contributed by atoms with Crippen molar-refractivity contribution in [2.24, 2.45) is 0 Å². The summed E-state index contributed by atoms with van der Waals surface area (Å²) >= 11 is 0. The van der Waals surface area contributed by atoms with Gasteiger partial charge in [0, 0.05) is 18.4 Å². The highest BCUT2D eigenvalue weighted by Gasteiger charge is 2.05. The Morgan fingerprint density at radius 2 is 1.26 bits per heavy atom. The molecule has 0 amide bonds. The smallest absolute Gasteiger partial charge is 0.162 e. The Morgan fingerprint density at radius 1 is 0.783 bits per heavy atom. The topological polar surface area (TPSA) is 54.4 Å². The number of ketones is 1. The molecule has 128 valence electrons. The van der Waals surface area contributed by atoms with Crippen molar-refractivity contribution in [3.05, 3.63) is 29.8 Å². The molecule has 1 N–H and O–H groups in total. The van der Waals surface area contributed by atoms with E-state index in [4.69, 9.17) is 0 Å². The minimum atomic E-state index is 0.167. The summed E-state index contributed by atoms with van der Waals surface area (Å²) in [5, 5.41) is 9.20. The average Bonchev–Trinajstić information content (AvgIpc) is 2.56. The minimum Gasteiger partial charge on any atom is -0.508 e. The van der Waals surface area contributed by atoms with Gasteiger partial charge in [-0.15, -0.1) is 0 Å². The van der Waals surface area contributed by atoms with Crippen LogP contribution in [-0.4, -0.2) is 17.2 Å². The zero-order valence-electron chi connectivity index (χ0n) is 14.1. The molecule has 3 nitrogen and oxygen atoms in total. The third-order valence-corrected chi connectivity index (χ3v) is 4.17. The van der Waals surface area contributed by atoms with Crippen LogP contribution in [0.3, 0.4) is 0 Å². The number of hydrogen-bond acceptors (Lipinski definition) is 3. The first-order valence-corrected chi connectivity index (χ1v) is 9.00. The normalized spacial score (nSPS) is 10.6. The predicted molar refractivity (Wildman–Crippen MR) is 93.9 cm³/mol. The maximum absolute atomic E-state index is 11.9. The number of aldehydes is 1. The van der Waals surface area contributed by atoms with Crippen LogP contribution >= 0.6 is 0 Å². The van der Waals surface area contributed by atoms with Crippen LogP contribution in [0.2, 0.25) is 0 Å². The van der Waals surface area contributed by atoms with Gasteiger partial charge in [-0.1, -0.05) is 51.4 Å². The highest BCUT2D eigenvalue weighted by atomic mass is 16.3. The molecule has 0 heterocycles. The second-order valence-electron chi connectivity index (χ2n) is 6.21. The summed E-state index contributed by atoms with van der Waals surface area (Å²) in [6.45, 7) is 0. The van der Waals surface area contributed by atoms with E-state index in [2.05, 4.69) is 0 Å². The fourth-order valence-electron chi connectivity index (χ4n) is 2.72. The molecule has 0 saturated carbocycles. The van der Waals surface area contributed by atoms with Gasteiger partial charge in [0.25, 0.3) is 0 Å². The van der Waals surface area contributed by atoms with E-state index in [0.717, 1.165) is 25.5 Å². The lowest BCUT2D eigenvalue weighted by atomic mass is 10.0. The van der Waals surface area contributed by atoms with Crippen LogP contribution in [-0.2, 0) is 4.79 Å². The lowest BCUT2D eigenvalue weighted by Gasteiger charge is -2.03. The molecular formula is C20H30O3. The maximum Gasteiger partial charge on any atom is 0.162 e. The summed E-state index contributed by atoms with van der Waals surface area (Å²) in [7, 11) is 0. The van der Waals surface area contributed by atoms with Crippen LogP contribution in [0.4, 0.5) is 0 Å². The quantitative estimate of drug-likeness (QED) is 0.282. The average molecular weight is 318 g/mol. The zero-order valence-corrected chi connectivity index (χ0v) is 14.1. The van der Waals surface area contributed by atoms with E-state index in [0.29, 0.717) is 18.4 Å². The highest BCUT2D eigenvalue weighted by Crippen LogP contribution is 2.15. The number of carbonyl (C=O) groups is 2. The molecule has 0 aliphatic rings. The first-order valence-electron chi connectivity index (χ1n) is 9.00. The van der Waals surface area contributed by atoms with Gasteiger partial charge in [-0.25, -0.2) is 0 Å². The molecule has 1 rings (SSSR count). The Morgan fingerprint density at radius 3 is 1.78 bits per heavy atom. The molecule has 0 spiro atoms. The third kappa shape index (κ3) is 9.88. The minimum absolute atomic E-state index is 0.167. The van der Waals surface area contributed by atoms with Crippen molar-refractivity contribution in [3.63, 3.8) is 0 Å². The van der Waals surface area contributed by atoms with E-state index in [1.807, 2.05) is 0 Å². The van der Waals surface area contributed by atoms with E-state index in [9.17, 15) is 14.7 Å². The number of Topliss-reactive ketones (excluding diaryl/α,β-unsaturated/α-hetero) is 1. The Kier molecular flexibility index (Phi) is 10.9. The van der Waals surface area contributed by atoms with Gasteiger partial charge < -0.3 is 9.90 Å². The number of unbranched alkanes of at least 4 members (excludes halogenated alkanes) is 10. The summed E-state index contributed by atoms with van der Waals surface area (Å²) in [4.78, 5) is 22.1. The van der Waals surface area contributed by atoms with Gasteiger partial charge in [0.2, 0.25) is 0 Å². The Bertz CT molecular complexity index is 437. The number of phenolic OH excluding ortho intramolecular Hbond substituents is 1. The van der Waals surface area contributed by atoms with E-state index in [1.165, 1.54) is 44.9 Å². The van der Waals surface area contributed by atoms with Crippen LogP contribution in [0, 0.1) is 0 Å². The van der Waals surface area contributed by atoms with E-state index in [1.54, 1.807) is 24.3 Å². The van der Waals surface area contributed by atoms with Crippen molar-refractivity contribution in [2.75, 3.05) is 0 Å². The van der Waals surface area contributed by atoms with Gasteiger partial charge in [0.15, 0.2) is 5.78 Å². The third-order valence-electron chi connectivity index (χ3n) is 4.17. The predicted octanol–water partition coefficient (Wildman–Crippen LogP) is 5.46. The van der Waals surface area contributed by atoms with E-state index >= 15 is 0 Å². The van der Waals surface area contributed by atoms with Crippen molar-refractivity contribution >= 4 is 12.1 Å². The monoisotopic (exact) mass is 318 g/mol. The molecule has 3 heteroatoms. The number of rotatable bonds is 14. The van der Waals surface area contributed by atoms with Crippen LogP contribution in [0.25, 0.3) is 0 Å². The summed E-state index contributed by atoms with van der Waals surface area (Å²) < 4.78 is 0. The molecule has 0 atom stereocenters. The Hall–Kier alpha value is -1.64. The number of carbonyl (C=O) groups excluding carboxylic acids is 2. The SMILES string of the molecule is O=CCCCCCCCCCCCCC(=O)c1ccc(O)cc1. The molecule has 23 heavy (non-hydrogen) atoms. The zero-order chi connectivity index (χ0) is 16.8. The van der Waals surface area contributed by atoms with Gasteiger partial charge in [0.05, 0.1) is 0 Å². The van der Waals surface area contributed by atoms with Crippen molar-refractivity contribution in [3.8, 4) is 5.75 Å². The molecule has 0 saturated heterocycles. The van der Waals surface area contributed by atoms with Crippen molar-refractivity contribution in [1.29, 1.82) is 0 Å². The number of hydrogen-bond donors (Lipinski definition) is 1. The molecular weight excluding hydrogens is 288 g/mol. The number of benzene rings is 1. The second-order valence-corrected chi connectivity index (χ2v) is 6.21. The Labute approximate surface area is 140 Å². The Balaban J connectivity index is 1.90. The standard InChI is InChI=1S/C20H30O3/c21-17-11-9-7-5-3-1-2-4-6-8-10-12-20(23)18-13-15-19(22)16-14-18/h13-17,22H,1-12H2. The van der Waals surface area contributed by atoms with Crippen LogP contribution in [0.5, 0.6) is 5.75 Å². The second kappa shape index (κ2) is 12.9. The molecule has 0 bridgehead atoms. The van der Waals surface area contributed by atoms with E-state index < -0.39 is 0 Å². The fraction of sp³-hybridized carbons (Fsp3) is 0.600. The number of aromatic hydroxyl groups is 1. The van der Waals surface area contributed by atoms with Crippen LogP contribution in [0.15, 0.2) is 24.3 Å². The van der Waals surface area contributed by atoms with Gasteiger partial charge >= 0.3 is 0 Å². The molecule has 0 fully saturated rings. The maximum atomic E-state index is 11.9. The summed E-state index contributed by atoms with van der Waals surface area (Å²) in [6, 6.07) is 6.50. The van der Waals surface area contributed by atoms with Crippen molar-refractivity contribution < 1.29 is 14.7 Å². The largest absolute Gasteiger partial charge is 0.508 e. The lowest BCUT2D eigenvalue weighted by Crippen LogP contribution is -1.98. The summed E-state index contributed by atoms with van der Waals surface area (Å²) in [6.07, 6.45) is 14.1. The van der Waals surface area contributed by atoms with Gasteiger partial charge in [-0.2, -0.15) is 0 Å². The molecule has 0 radical (unpaired) electrons. The van der Waals surface area contributed by atoms with Crippen molar-refractivity contribution in [1.82, 2.24) is 0 Å². The van der Waals surface area contributed by atoms with Crippen LogP contribution < -0.4 is 0 Å². The van der Waals surface area contributed by atoms with Crippen LogP contribution in [0.1, 0.15) is 87.4 Å². The fourth-order valence-corrected chi connectivity index (χ4v) is 2.72. The van der Waals surface area contributed by atoms with E-state index in [-0.39, 0.29) is 11.5 Å². The molecule has 0 aliphatic heterocycles. The summed E-state index contributed by atoms with van der Waals surface area (Å²) in [5.74, 6) is 0.366. The first kappa shape index (κ1) is 19.4. The van der Waals surface area contributed by atoms with Gasteiger partial charge in [-0.3, -0.25) is 4.79 Å². The molecule has 0 aliphatic carbocycles. The number of phenols is 1. The highest BCUT2D eigenvalue weighted by molar-refractivity contribution is 5.96. The lowest BCUT2D eigenvalue weighted by molar-refractivity contribution is -0.107. The first-order chi connectivity index (χ1) is 11.2. The summed E-state index contributed by atoms with van der Waals surface area (Å²) in [5.41, 5.74) is 0.692.